The number of esters is 1. The maximum Gasteiger partial charge on any atom is 0.330 e. The number of carbonyl (C=O) groups is 1. The summed E-state index contributed by atoms with van der Waals surface area (Å²) in [7, 11) is 0. The minimum atomic E-state index is -0.575. The summed E-state index contributed by atoms with van der Waals surface area (Å²) in [5, 5.41) is 0.273. The Kier molecular flexibility index (Phi) is 6.27. The summed E-state index contributed by atoms with van der Waals surface area (Å²) in [6, 6.07) is 8.26. The number of carbonyl (C=O) groups excluding carboxylic acids is 1. The molecule has 1 heterocycles. The van der Waals surface area contributed by atoms with Gasteiger partial charge < -0.3 is 4.74 Å². The Morgan fingerprint density at radius 3 is 2.69 bits per heavy atom. The quantitative estimate of drug-likeness (QED) is 0.409. The van der Waals surface area contributed by atoms with Crippen LogP contribution in [0.1, 0.15) is 30.8 Å². The fourth-order valence-electron chi connectivity index (χ4n) is 3.10. The molecule has 0 saturated carbocycles. The highest BCUT2D eigenvalue weighted by Crippen LogP contribution is 2.22. The van der Waals surface area contributed by atoms with Crippen molar-refractivity contribution in [3.63, 3.8) is 0 Å². The van der Waals surface area contributed by atoms with Crippen LogP contribution < -0.4 is 5.56 Å². The zero-order valence-corrected chi connectivity index (χ0v) is 17.9. The number of rotatable bonds is 5. The first-order valence-electron chi connectivity index (χ1n) is 9.22. The molecule has 1 aromatic heterocycles. The normalized spacial score (nSPS) is 11.3. The van der Waals surface area contributed by atoms with Crippen LogP contribution in [-0.2, 0) is 16.0 Å². The predicted octanol–water partition coefficient (Wildman–Crippen LogP) is 4.73. The number of nitrogens with zero attached hydrogens (tertiary/aromatic N) is 2. The van der Waals surface area contributed by atoms with E-state index in [1.807, 2.05) is 32.0 Å². The fraction of sp³-hybridized carbons (Fsp3) is 0.227. The zero-order valence-electron chi connectivity index (χ0n) is 16.3. The van der Waals surface area contributed by atoms with E-state index >= 15 is 0 Å². The van der Waals surface area contributed by atoms with E-state index in [1.54, 1.807) is 11.5 Å². The molecule has 0 spiro atoms. The summed E-state index contributed by atoms with van der Waals surface area (Å²) in [6.45, 7) is 5.72. The highest BCUT2D eigenvalue weighted by molar-refractivity contribution is 9.10. The Hall–Kier alpha value is -2.80. The summed E-state index contributed by atoms with van der Waals surface area (Å²) >= 11 is 3.43. The van der Waals surface area contributed by atoms with Gasteiger partial charge in [-0.1, -0.05) is 22.9 Å². The van der Waals surface area contributed by atoms with Gasteiger partial charge in [0.25, 0.3) is 5.56 Å². The molecule has 0 atom stereocenters. The van der Waals surface area contributed by atoms with Crippen molar-refractivity contribution in [1.29, 1.82) is 0 Å². The first kappa shape index (κ1) is 20.9. The molecule has 3 rings (SSSR count). The van der Waals surface area contributed by atoms with Crippen LogP contribution in [0.2, 0.25) is 0 Å². The number of ether oxygens (including phenoxy) is 1. The minimum absolute atomic E-state index is 0.118. The third kappa shape index (κ3) is 4.29. The van der Waals surface area contributed by atoms with E-state index in [1.165, 1.54) is 18.2 Å². The highest BCUT2D eigenvalue weighted by atomic mass is 79.9. The van der Waals surface area contributed by atoms with Gasteiger partial charge in [0.1, 0.15) is 11.6 Å². The van der Waals surface area contributed by atoms with E-state index in [0.29, 0.717) is 12.2 Å². The molecule has 29 heavy (non-hydrogen) atoms. The van der Waals surface area contributed by atoms with E-state index in [4.69, 9.17) is 4.74 Å². The number of benzene rings is 2. The molecule has 0 saturated heterocycles. The number of aromatic nitrogens is 2. The van der Waals surface area contributed by atoms with Crippen molar-refractivity contribution >= 4 is 38.9 Å². The summed E-state index contributed by atoms with van der Waals surface area (Å²) in [6.07, 6.45) is 2.95. The van der Waals surface area contributed by atoms with Gasteiger partial charge in [0.2, 0.25) is 0 Å². The van der Waals surface area contributed by atoms with E-state index in [0.717, 1.165) is 21.8 Å². The molecule has 0 N–H and O–H groups in total. The summed E-state index contributed by atoms with van der Waals surface area (Å²) in [5.74, 6) is -0.596. The monoisotopic (exact) mass is 458 g/mol. The number of hydrogen-bond donors (Lipinski definition) is 0. The van der Waals surface area contributed by atoms with Crippen LogP contribution in [0, 0.1) is 12.7 Å². The second-order valence-corrected chi connectivity index (χ2v) is 7.34. The lowest BCUT2D eigenvalue weighted by Crippen LogP contribution is -2.24. The van der Waals surface area contributed by atoms with E-state index < -0.39 is 11.8 Å². The molecule has 0 aliphatic rings. The van der Waals surface area contributed by atoms with Crippen LogP contribution in [0.3, 0.4) is 0 Å². The second-order valence-electron chi connectivity index (χ2n) is 6.43. The van der Waals surface area contributed by atoms with E-state index in [-0.39, 0.29) is 28.6 Å². The average Bonchev–Trinajstić information content (AvgIpc) is 2.67. The Morgan fingerprint density at radius 2 is 2.03 bits per heavy atom. The molecule has 150 valence electrons. The third-order valence-corrected chi connectivity index (χ3v) is 4.95. The standard InChI is InChI=1S/C22H20BrFN2O3/c1-4-20-25-18-12-17(24)14(6-9-21(27)29-5-2)11-16(18)22(28)26(20)19-8-7-15(23)10-13(19)3/h6-12H,4-5H2,1-3H3. The van der Waals surface area contributed by atoms with Gasteiger partial charge in [0.15, 0.2) is 0 Å². The average molecular weight is 459 g/mol. The Bertz CT molecular complexity index is 1180. The lowest BCUT2D eigenvalue weighted by atomic mass is 10.1. The summed E-state index contributed by atoms with van der Waals surface area (Å²) < 4.78 is 21.8. The molecule has 5 nitrogen and oxygen atoms in total. The van der Waals surface area contributed by atoms with Crippen LogP contribution in [0.5, 0.6) is 0 Å². The van der Waals surface area contributed by atoms with Gasteiger partial charge in [-0.05, 0) is 49.8 Å². The van der Waals surface area contributed by atoms with Crippen molar-refractivity contribution in [2.45, 2.75) is 27.2 Å². The van der Waals surface area contributed by atoms with Crippen molar-refractivity contribution in [2.75, 3.05) is 6.61 Å². The smallest absolute Gasteiger partial charge is 0.330 e. The number of aryl methyl sites for hydroxylation is 2. The lowest BCUT2D eigenvalue weighted by molar-refractivity contribution is -0.137. The third-order valence-electron chi connectivity index (χ3n) is 4.46. The summed E-state index contributed by atoms with van der Waals surface area (Å²) in [4.78, 5) is 29.4. The molecule has 3 aromatic rings. The number of fused-ring (bicyclic) bond motifs is 1. The van der Waals surface area contributed by atoms with Gasteiger partial charge in [-0.25, -0.2) is 14.2 Å². The van der Waals surface area contributed by atoms with Crippen LogP contribution in [0.15, 0.2) is 45.7 Å². The van der Waals surface area contributed by atoms with Crippen molar-refractivity contribution in [3.8, 4) is 5.69 Å². The van der Waals surface area contributed by atoms with Crippen LogP contribution in [0.25, 0.3) is 22.7 Å². The first-order valence-corrected chi connectivity index (χ1v) is 10.0. The minimum Gasteiger partial charge on any atom is -0.463 e. The van der Waals surface area contributed by atoms with Gasteiger partial charge in [-0.15, -0.1) is 0 Å². The van der Waals surface area contributed by atoms with Gasteiger partial charge in [-0.3, -0.25) is 9.36 Å². The maximum absolute atomic E-state index is 14.5. The number of halogens is 2. The molecule has 0 aliphatic carbocycles. The van der Waals surface area contributed by atoms with E-state index in [2.05, 4.69) is 20.9 Å². The van der Waals surface area contributed by atoms with Gasteiger partial charge in [0, 0.05) is 28.6 Å². The zero-order chi connectivity index (χ0) is 21.1. The molecule has 0 amide bonds. The Balaban J connectivity index is 2.23. The number of hydrogen-bond acceptors (Lipinski definition) is 4. The Morgan fingerprint density at radius 1 is 1.28 bits per heavy atom. The fourth-order valence-corrected chi connectivity index (χ4v) is 3.58. The largest absolute Gasteiger partial charge is 0.463 e. The van der Waals surface area contributed by atoms with Crippen molar-refractivity contribution in [2.24, 2.45) is 0 Å². The SMILES string of the molecule is CCOC(=O)C=Cc1cc2c(=O)n(-c3ccc(Br)cc3C)c(CC)nc2cc1F. The molecule has 2 aromatic carbocycles. The topological polar surface area (TPSA) is 61.2 Å². The molecule has 7 heteroatoms. The molecular formula is C22H20BrFN2O3. The molecule has 0 bridgehead atoms. The molecule has 0 fully saturated rings. The predicted molar refractivity (Wildman–Crippen MR) is 115 cm³/mol. The van der Waals surface area contributed by atoms with Crippen LogP contribution >= 0.6 is 15.9 Å². The van der Waals surface area contributed by atoms with Gasteiger partial charge in [0.05, 0.1) is 23.2 Å². The van der Waals surface area contributed by atoms with Crippen molar-refractivity contribution in [1.82, 2.24) is 9.55 Å². The van der Waals surface area contributed by atoms with Gasteiger partial charge in [-0.2, -0.15) is 0 Å². The molecule has 0 radical (unpaired) electrons. The maximum atomic E-state index is 14.5. The van der Waals surface area contributed by atoms with Crippen LogP contribution in [0.4, 0.5) is 4.39 Å². The summed E-state index contributed by atoms with van der Waals surface area (Å²) in [5.41, 5.74) is 1.73. The molecule has 0 unspecified atom stereocenters. The van der Waals surface area contributed by atoms with E-state index in [9.17, 15) is 14.0 Å². The lowest BCUT2D eigenvalue weighted by Gasteiger charge is -2.15. The van der Waals surface area contributed by atoms with Crippen LogP contribution in [-0.4, -0.2) is 22.1 Å². The van der Waals surface area contributed by atoms with Crippen molar-refractivity contribution in [3.05, 3.63) is 74.0 Å². The Labute approximate surface area is 176 Å². The van der Waals surface area contributed by atoms with Crippen molar-refractivity contribution < 1.29 is 13.9 Å². The molecule has 0 aliphatic heterocycles. The van der Waals surface area contributed by atoms with Gasteiger partial charge >= 0.3 is 5.97 Å². The first-order chi connectivity index (χ1) is 13.8. The molecular weight excluding hydrogens is 439 g/mol. The highest BCUT2D eigenvalue weighted by Gasteiger charge is 2.15. The second kappa shape index (κ2) is 8.69.